The summed E-state index contributed by atoms with van der Waals surface area (Å²) in [4.78, 5) is 0. The molecule has 0 saturated heterocycles. The summed E-state index contributed by atoms with van der Waals surface area (Å²) in [6, 6.07) is 6.88. The van der Waals surface area contributed by atoms with E-state index < -0.39 is 0 Å². The van der Waals surface area contributed by atoms with E-state index in [1.165, 1.54) is 11.8 Å². The number of hydrogen-bond acceptors (Lipinski definition) is 2. The summed E-state index contributed by atoms with van der Waals surface area (Å²) in [7, 11) is 1.96. The molecule has 0 aliphatic rings. The predicted octanol–water partition coefficient (Wildman–Crippen LogP) is 3.74. The number of aryl methyl sites for hydroxylation is 1. The molecule has 1 atom stereocenters. The molecule has 0 unspecified atom stereocenters. The monoisotopic (exact) mass is 309 g/mol. The highest BCUT2D eigenvalue weighted by Gasteiger charge is 2.18. The van der Waals surface area contributed by atoms with E-state index in [2.05, 4.69) is 30.3 Å². The molecule has 0 aliphatic carbocycles. The molecule has 0 fully saturated rings. The van der Waals surface area contributed by atoms with Gasteiger partial charge < -0.3 is 5.32 Å². The van der Waals surface area contributed by atoms with Gasteiger partial charge in [0.05, 0.1) is 5.02 Å². The fourth-order valence-electron chi connectivity index (χ4n) is 2.45. The number of rotatable bonds is 6. The van der Waals surface area contributed by atoms with E-state index in [4.69, 9.17) is 11.6 Å². The van der Waals surface area contributed by atoms with Crippen LogP contribution in [-0.4, -0.2) is 16.3 Å². The normalized spacial score (nSPS) is 12.9. The minimum absolute atomic E-state index is 0.168. The number of nitrogens with one attached hydrogen (secondary N) is 1. The van der Waals surface area contributed by atoms with Crippen LogP contribution in [0.25, 0.3) is 0 Å². The molecule has 1 aromatic carbocycles. The van der Waals surface area contributed by atoms with Gasteiger partial charge in [0.15, 0.2) is 0 Å². The maximum atomic E-state index is 13.1. The SMILES string of the molecule is CC(C)[C@H](CNCc1ccc(F)c(Cl)c1)c1ccnn1C. The van der Waals surface area contributed by atoms with Gasteiger partial charge >= 0.3 is 0 Å². The van der Waals surface area contributed by atoms with Crippen LogP contribution in [0.4, 0.5) is 4.39 Å². The largest absolute Gasteiger partial charge is 0.312 e. The van der Waals surface area contributed by atoms with Gasteiger partial charge in [-0.2, -0.15) is 5.10 Å². The molecule has 114 valence electrons. The summed E-state index contributed by atoms with van der Waals surface area (Å²) in [5, 5.41) is 7.83. The van der Waals surface area contributed by atoms with Gasteiger partial charge in [0.25, 0.3) is 0 Å². The predicted molar refractivity (Wildman–Crippen MR) is 83.9 cm³/mol. The zero-order chi connectivity index (χ0) is 15.4. The molecule has 0 saturated carbocycles. The minimum Gasteiger partial charge on any atom is -0.312 e. The van der Waals surface area contributed by atoms with Crippen LogP contribution >= 0.6 is 11.6 Å². The van der Waals surface area contributed by atoms with Gasteiger partial charge in [-0.25, -0.2) is 4.39 Å². The number of benzene rings is 1. The highest BCUT2D eigenvalue weighted by atomic mass is 35.5. The Kier molecular flexibility index (Phi) is 5.37. The third-order valence-electron chi connectivity index (χ3n) is 3.72. The lowest BCUT2D eigenvalue weighted by Gasteiger charge is -2.21. The molecule has 0 radical (unpaired) electrons. The lowest BCUT2D eigenvalue weighted by atomic mass is 9.92. The fourth-order valence-corrected chi connectivity index (χ4v) is 2.65. The summed E-state index contributed by atoms with van der Waals surface area (Å²) >= 11 is 5.79. The summed E-state index contributed by atoms with van der Waals surface area (Å²) in [5.74, 6) is 0.508. The molecule has 3 nitrogen and oxygen atoms in total. The first kappa shape index (κ1) is 16.0. The third kappa shape index (κ3) is 4.05. The van der Waals surface area contributed by atoms with Gasteiger partial charge in [-0.15, -0.1) is 0 Å². The van der Waals surface area contributed by atoms with Crippen molar-refractivity contribution in [2.45, 2.75) is 26.3 Å². The summed E-state index contributed by atoms with van der Waals surface area (Å²) in [5.41, 5.74) is 2.20. The highest BCUT2D eigenvalue weighted by Crippen LogP contribution is 2.23. The molecule has 5 heteroatoms. The summed E-state index contributed by atoms with van der Waals surface area (Å²) < 4.78 is 15.0. The van der Waals surface area contributed by atoms with E-state index in [-0.39, 0.29) is 10.8 Å². The van der Waals surface area contributed by atoms with Gasteiger partial charge in [-0.3, -0.25) is 4.68 Å². The fraction of sp³-hybridized carbons (Fsp3) is 0.438. The Hall–Kier alpha value is -1.39. The Balaban J connectivity index is 1.97. The average molecular weight is 310 g/mol. The molecule has 0 amide bonds. The van der Waals surface area contributed by atoms with Crippen molar-refractivity contribution in [1.82, 2.24) is 15.1 Å². The standard InChI is InChI=1S/C16H21ClFN3/c1-11(2)13(16-6-7-20-21(16)3)10-19-9-12-4-5-15(18)14(17)8-12/h4-8,11,13,19H,9-10H2,1-3H3/t13-/m0/s1. The Bertz CT molecular complexity index is 595. The lowest BCUT2D eigenvalue weighted by molar-refractivity contribution is 0.437. The highest BCUT2D eigenvalue weighted by molar-refractivity contribution is 6.30. The number of hydrogen-bond donors (Lipinski definition) is 1. The summed E-state index contributed by atoms with van der Waals surface area (Å²) in [6.45, 7) is 5.91. The number of halogens is 2. The molecule has 0 spiro atoms. The Morgan fingerprint density at radius 2 is 2.10 bits per heavy atom. The van der Waals surface area contributed by atoms with E-state index in [0.29, 0.717) is 18.4 Å². The van der Waals surface area contributed by atoms with Crippen LogP contribution in [0.2, 0.25) is 5.02 Å². The van der Waals surface area contributed by atoms with Gasteiger partial charge in [0.1, 0.15) is 5.82 Å². The van der Waals surface area contributed by atoms with Gasteiger partial charge in [-0.1, -0.05) is 31.5 Å². The Morgan fingerprint density at radius 1 is 1.33 bits per heavy atom. The van der Waals surface area contributed by atoms with Crippen molar-refractivity contribution >= 4 is 11.6 Å². The van der Waals surface area contributed by atoms with Crippen molar-refractivity contribution in [3.05, 3.63) is 52.6 Å². The second kappa shape index (κ2) is 7.05. The molecular weight excluding hydrogens is 289 g/mol. The van der Waals surface area contributed by atoms with Gasteiger partial charge in [0.2, 0.25) is 0 Å². The first-order valence-electron chi connectivity index (χ1n) is 7.11. The van der Waals surface area contributed by atoms with E-state index >= 15 is 0 Å². The second-order valence-corrected chi connectivity index (χ2v) is 6.02. The van der Waals surface area contributed by atoms with Gasteiger partial charge in [0, 0.05) is 37.9 Å². The van der Waals surface area contributed by atoms with Crippen LogP contribution in [0.15, 0.2) is 30.5 Å². The van der Waals surface area contributed by atoms with Crippen molar-refractivity contribution in [3.63, 3.8) is 0 Å². The zero-order valence-corrected chi connectivity index (χ0v) is 13.4. The first-order chi connectivity index (χ1) is 9.99. The van der Waals surface area contributed by atoms with Crippen LogP contribution in [0, 0.1) is 11.7 Å². The van der Waals surface area contributed by atoms with Crippen LogP contribution in [0.3, 0.4) is 0 Å². The van der Waals surface area contributed by atoms with Crippen LogP contribution in [-0.2, 0) is 13.6 Å². The number of aromatic nitrogens is 2. The topological polar surface area (TPSA) is 29.9 Å². The quantitative estimate of drug-likeness (QED) is 0.881. The van der Waals surface area contributed by atoms with E-state index in [1.54, 1.807) is 12.1 Å². The molecule has 2 rings (SSSR count). The van der Waals surface area contributed by atoms with Crippen molar-refractivity contribution in [1.29, 1.82) is 0 Å². The van der Waals surface area contributed by atoms with E-state index in [1.807, 2.05) is 17.9 Å². The minimum atomic E-state index is -0.379. The Labute approximate surface area is 130 Å². The first-order valence-corrected chi connectivity index (χ1v) is 7.49. The zero-order valence-electron chi connectivity index (χ0n) is 12.6. The average Bonchev–Trinajstić information content (AvgIpc) is 2.84. The molecule has 21 heavy (non-hydrogen) atoms. The maximum Gasteiger partial charge on any atom is 0.141 e. The molecule has 0 bridgehead atoms. The maximum absolute atomic E-state index is 13.1. The summed E-state index contributed by atoms with van der Waals surface area (Å²) in [6.07, 6.45) is 1.82. The molecule has 0 aliphatic heterocycles. The Morgan fingerprint density at radius 3 is 2.67 bits per heavy atom. The smallest absolute Gasteiger partial charge is 0.141 e. The van der Waals surface area contributed by atoms with Crippen molar-refractivity contribution in [3.8, 4) is 0 Å². The lowest BCUT2D eigenvalue weighted by Crippen LogP contribution is -2.26. The van der Waals surface area contributed by atoms with Crippen molar-refractivity contribution in [2.75, 3.05) is 6.54 Å². The van der Waals surface area contributed by atoms with Crippen LogP contribution in [0.1, 0.15) is 31.0 Å². The third-order valence-corrected chi connectivity index (χ3v) is 4.01. The molecule has 1 N–H and O–H groups in total. The van der Waals surface area contributed by atoms with Crippen molar-refractivity contribution < 1.29 is 4.39 Å². The van der Waals surface area contributed by atoms with E-state index in [9.17, 15) is 4.39 Å². The van der Waals surface area contributed by atoms with Crippen molar-refractivity contribution in [2.24, 2.45) is 13.0 Å². The van der Waals surface area contributed by atoms with E-state index in [0.717, 1.165) is 12.1 Å². The number of nitrogens with zero attached hydrogens (tertiary/aromatic N) is 2. The molecule has 1 aromatic heterocycles. The molecule has 1 heterocycles. The van der Waals surface area contributed by atoms with Crippen LogP contribution < -0.4 is 5.32 Å². The molecule has 2 aromatic rings. The second-order valence-electron chi connectivity index (χ2n) is 5.61. The van der Waals surface area contributed by atoms with Gasteiger partial charge in [-0.05, 0) is 29.7 Å². The molecular formula is C16H21ClFN3. The van der Waals surface area contributed by atoms with Crippen LogP contribution in [0.5, 0.6) is 0 Å².